The molecule has 0 bridgehead atoms. The second kappa shape index (κ2) is 17.6. The predicted octanol–water partition coefficient (Wildman–Crippen LogP) is 7.85. The first-order chi connectivity index (χ1) is 30.6. The van der Waals surface area contributed by atoms with Crippen LogP contribution in [0.4, 0.5) is 0 Å². The molecule has 4 saturated carbocycles. The zero-order valence-electron chi connectivity index (χ0n) is 36.9. The average Bonchev–Trinajstić information content (AvgIpc) is 4.23. The number of Topliss-reactive ketones (excluding diaryl/α,β-unsaturated/α-hetero) is 1. The molecule has 4 aliphatic carbocycles. The molecule has 2 amide bonds. The molecule has 64 heavy (non-hydrogen) atoms. The zero-order valence-corrected chi connectivity index (χ0v) is 38.5. The van der Waals surface area contributed by atoms with Crippen LogP contribution in [0.5, 0.6) is 17.4 Å². The Morgan fingerprint density at radius 3 is 2.44 bits per heavy atom. The van der Waals surface area contributed by atoms with Crippen molar-refractivity contribution in [2.45, 2.75) is 114 Å². The van der Waals surface area contributed by atoms with E-state index in [0.29, 0.717) is 70.7 Å². The van der Waals surface area contributed by atoms with Crippen molar-refractivity contribution in [3.05, 3.63) is 59.6 Å². The fourth-order valence-electron chi connectivity index (χ4n) is 10.7. The molecule has 2 aromatic carbocycles. The molecule has 15 heteroatoms. The van der Waals surface area contributed by atoms with Crippen LogP contribution in [-0.4, -0.2) is 86.1 Å². The van der Waals surface area contributed by atoms with Crippen LogP contribution in [0.2, 0.25) is 5.02 Å². The summed E-state index contributed by atoms with van der Waals surface area (Å²) in [4.78, 5) is 64.5. The summed E-state index contributed by atoms with van der Waals surface area (Å²) in [6.07, 6.45) is 9.24. The Morgan fingerprint density at radius 1 is 0.938 bits per heavy atom. The molecule has 13 nitrogen and oxygen atoms in total. The summed E-state index contributed by atoms with van der Waals surface area (Å²) in [6.45, 7) is 4.16. The Hall–Kier alpha value is -4.69. The number of hydrogen-bond donors (Lipinski definition) is 1. The number of carbonyl (C=O) groups is 4. The number of sulfonamides is 1. The van der Waals surface area contributed by atoms with Gasteiger partial charge in [0.25, 0.3) is 0 Å². The molecule has 5 fully saturated rings. The number of aromatic nitrogens is 1. The zero-order chi connectivity index (χ0) is 45.1. The van der Waals surface area contributed by atoms with Crippen LogP contribution in [0, 0.1) is 40.9 Å². The first kappa shape index (κ1) is 44.5. The number of fused-ring (bicyclic) bond motifs is 4. The number of nitrogens with one attached hydrogen (secondary N) is 1. The summed E-state index contributed by atoms with van der Waals surface area (Å²) in [5.74, 6) is -0.262. The fraction of sp³-hybridized carbons (Fsp3) is 0.571. The number of rotatable bonds is 11. The Bertz CT molecular complexity index is 2480. The third-order valence-electron chi connectivity index (χ3n) is 14.8. The van der Waals surface area contributed by atoms with Gasteiger partial charge in [0.1, 0.15) is 23.7 Å². The van der Waals surface area contributed by atoms with E-state index in [-0.39, 0.29) is 67.2 Å². The molecule has 1 N–H and O–H groups in total. The lowest BCUT2D eigenvalue weighted by Crippen LogP contribution is -2.47. The van der Waals surface area contributed by atoms with Gasteiger partial charge in [-0.25, -0.2) is 13.4 Å². The van der Waals surface area contributed by atoms with Crippen molar-refractivity contribution in [1.82, 2.24) is 14.6 Å². The number of ketones is 1. The summed E-state index contributed by atoms with van der Waals surface area (Å²) in [6, 6.07) is 11.8. The Morgan fingerprint density at radius 2 is 1.72 bits per heavy atom. The molecule has 0 radical (unpaired) electrons. The van der Waals surface area contributed by atoms with Gasteiger partial charge in [-0.05, 0) is 135 Å². The van der Waals surface area contributed by atoms with Crippen molar-refractivity contribution >= 4 is 56.0 Å². The molecule has 10 atom stereocenters. The van der Waals surface area contributed by atoms with E-state index < -0.39 is 50.6 Å². The molecular weight excluding hydrogens is 858 g/mol. The van der Waals surface area contributed by atoms with Gasteiger partial charge in [-0.2, -0.15) is 0 Å². The molecule has 9 rings (SSSR count). The van der Waals surface area contributed by atoms with Crippen LogP contribution in [0.3, 0.4) is 0 Å². The highest BCUT2D eigenvalue weighted by Gasteiger charge is 2.62. The predicted molar refractivity (Wildman–Crippen MR) is 240 cm³/mol. The minimum absolute atomic E-state index is 0.0194. The number of esters is 1. The van der Waals surface area contributed by atoms with Crippen molar-refractivity contribution in [2.24, 2.45) is 40.9 Å². The van der Waals surface area contributed by atoms with Crippen molar-refractivity contribution in [3.63, 3.8) is 0 Å². The Balaban J connectivity index is 1.06. The lowest BCUT2D eigenvalue weighted by atomic mass is 9.82. The number of halogens is 1. The number of pyridine rings is 1. The molecule has 1 unspecified atom stereocenters. The number of ether oxygens (including phenoxy) is 4. The van der Waals surface area contributed by atoms with E-state index >= 15 is 4.79 Å². The van der Waals surface area contributed by atoms with Gasteiger partial charge >= 0.3 is 5.97 Å². The van der Waals surface area contributed by atoms with E-state index in [1.54, 1.807) is 31.3 Å². The SMILES string of the molecule is COc1ccc2c(O[C@@H]3C[C@H]4C(=O)C[C@]5(C(=O)NS(=O)(=O)C6CC6)C[C@H]5/C=C\CC[C@@H](C)C[C@@H](C)[C@H](CC(=O)OC5C[C@@H]6C[C@@H]6C5)C(=O)N4C3)nc(-c3ccc(OC)c(Cl)c3)cc2c1. The van der Waals surface area contributed by atoms with Crippen LogP contribution in [0.15, 0.2) is 54.6 Å². The number of allylic oxidation sites excluding steroid dienone is 2. The number of benzene rings is 2. The molecule has 0 spiro atoms. The third-order valence-corrected chi connectivity index (χ3v) is 16.9. The molecule has 342 valence electrons. The minimum atomic E-state index is -3.89. The second-order valence-electron chi connectivity index (χ2n) is 19.5. The average molecular weight is 917 g/mol. The first-order valence-electron chi connectivity index (χ1n) is 22.9. The van der Waals surface area contributed by atoms with Crippen molar-refractivity contribution < 1.29 is 46.5 Å². The van der Waals surface area contributed by atoms with Crippen LogP contribution in [0.1, 0.15) is 90.9 Å². The molecule has 1 aromatic heterocycles. The molecule has 6 aliphatic rings. The van der Waals surface area contributed by atoms with Gasteiger partial charge in [0.05, 0.1) is 60.5 Å². The van der Waals surface area contributed by atoms with Gasteiger partial charge < -0.3 is 23.8 Å². The topological polar surface area (TPSA) is 167 Å². The quantitative estimate of drug-likeness (QED) is 0.147. The van der Waals surface area contributed by atoms with Crippen LogP contribution < -0.4 is 18.9 Å². The third kappa shape index (κ3) is 9.23. The Labute approximate surface area is 380 Å². The van der Waals surface area contributed by atoms with Crippen LogP contribution in [-0.2, 0) is 33.9 Å². The monoisotopic (exact) mass is 915 g/mol. The first-order valence-corrected chi connectivity index (χ1v) is 24.8. The normalized spacial score (nSPS) is 32.0. The second-order valence-corrected chi connectivity index (χ2v) is 21.9. The van der Waals surface area contributed by atoms with E-state index in [1.807, 2.05) is 49.4 Å². The van der Waals surface area contributed by atoms with E-state index in [4.69, 9.17) is 35.5 Å². The number of nitrogens with zero attached hydrogens (tertiary/aromatic N) is 2. The Kier molecular flexibility index (Phi) is 12.2. The van der Waals surface area contributed by atoms with E-state index in [2.05, 4.69) is 11.6 Å². The molecule has 2 aliphatic heterocycles. The molecule has 3 heterocycles. The number of methoxy groups -OCH3 is 2. The highest BCUT2D eigenvalue weighted by Crippen LogP contribution is 2.57. The fourth-order valence-corrected chi connectivity index (χ4v) is 12.4. The molecule has 1 saturated heterocycles. The molecule has 3 aromatic rings. The summed E-state index contributed by atoms with van der Waals surface area (Å²) in [5, 5.41) is 1.24. The summed E-state index contributed by atoms with van der Waals surface area (Å²) in [5.41, 5.74) is -0.0147. The number of hydrogen-bond acceptors (Lipinski definition) is 11. The maximum Gasteiger partial charge on any atom is 0.306 e. The summed E-state index contributed by atoms with van der Waals surface area (Å²) >= 11 is 6.56. The number of carbonyl (C=O) groups excluding carboxylic acids is 4. The lowest BCUT2D eigenvalue weighted by molar-refractivity contribution is -0.155. The van der Waals surface area contributed by atoms with Gasteiger partial charge in [0.2, 0.25) is 27.7 Å². The van der Waals surface area contributed by atoms with Crippen molar-refractivity contribution in [1.29, 1.82) is 0 Å². The molecular formula is C49H58ClN3O10S. The van der Waals surface area contributed by atoms with Gasteiger partial charge in [0.15, 0.2) is 5.78 Å². The lowest BCUT2D eigenvalue weighted by Gasteiger charge is -2.32. The standard InChI is InChI=1S/C49H58ClN3O10S/c1-27-7-5-6-8-33-24-49(33,48(57)52-64(58,59)37-11-12-37)25-43(54)42-22-36(26-53(42)47(56)39(28(2)15-27)23-45(55)62-35-17-30-16-31(30)18-35)63-46-38-13-10-34(60-3)19-32(38)21-41(51-46)29-9-14-44(61-4)40(50)20-29/h6,8-10,13-14,19-21,27-28,30-31,33,35-37,39,42H,5,7,11-12,15-18,22-26H2,1-4H3,(H,52,57)/b8-6-/t27-,28-,30-,31+,33-,35?,36-,39+,42+,49-/m1/s1. The smallest absolute Gasteiger partial charge is 0.306 e. The summed E-state index contributed by atoms with van der Waals surface area (Å²) in [7, 11) is -0.758. The van der Waals surface area contributed by atoms with Crippen LogP contribution in [0.25, 0.3) is 22.0 Å². The number of amides is 2. The maximum absolute atomic E-state index is 15.2. The highest BCUT2D eigenvalue weighted by molar-refractivity contribution is 7.90. The largest absolute Gasteiger partial charge is 0.497 e. The van der Waals surface area contributed by atoms with Gasteiger partial charge in [0, 0.05) is 23.8 Å². The summed E-state index contributed by atoms with van der Waals surface area (Å²) < 4.78 is 52.2. The van der Waals surface area contributed by atoms with E-state index in [9.17, 15) is 22.8 Å². The van der Waals surface area contributed by atoms with Gasteiger partial charge in [-0.15, -0.1) is 0 Å². The van der Waals surface area contributed by atoms with E-state index in [0.717, 1.165) is 31.1 Å². The van der Waals surface area contributed by atoms with E-state index in [1.165, 1.54) is 6.42 Å². The minimum Gasteiger partial charge on any atom is -0.497 e. The van der Waals surface area contributed by atoms with Crippen molar-refractivity contribution in [2.75, 3.05) is 20.8 Å². The maximum atomic E-state index is 15.2. The highest BCUT2D eigenvalue weighted by atomic mass is 35.5. The van der Waals surface area contributed by atoms with Crippen molar-refractivity contribution in [3.8, 4) is 28.6 Å². The van der Waals surface area contributed by atoms with Crippen LogP contribution >= 0.6 is 11.6 Å². The van der Waals surface area contributed by atoms with Gasteiger partial charge in [-0.1, -0.05) is 37.6 Å². The van der Waals surface area contributed by atoms with Gasteiger partial charge in [-0.3, -0.25) is 23.9 Å².